The first kappa shape index (κ1) is 44.8. The van der Waals surface area contributed by atoms with Gasteiger partial charge in [0.25, 0.3) is 0 Å². The molecule has 3 aliphatic rings. The number of benzene rings is 2. The molecule has 6 atom stereocenters. The molecule has 1 aliphatic heterocycles. The molecule has 1 saturated carbocycles. The number of carbonyl (C=O) groups is 1. The summed E-state index contributed by atoms with van der Waals surface area (Å²) < 4.78 is 31.9. The van der Waals surface area contributed by atoms with Crippen molar-refractivity contribution in [3.63, 3.8) is 0 Å². The normalized spacial score (nSPS) is 24.1. The summed E-state index contributed by atoms with van der Waals surface area (Å²) in [6.45, 7) is 4.96. The molecule has 314 valence electrons. The number of hydrogen-bond donors (Lipinski definition) is 3. The molecule has 0 saturated heterocycles. The number of thioether (sulfide) groups is 1. The molecule has 0 aromatic heterocycles. The first-order valence-electron chi connectivity index (χ1n) is 20.1. The van der Waals surface area contributed by atoms with Gasteiger partial charge >= 0.3 is 6.09 Å². The van der Waals surface area contributed by atoms with Crippen LogP contribution in [0.2, 0.25) is 0 Å². The van der Waals surface area contributed by atoms with Crippen LogP contribution in [0.4, 0.5) is 4.79 Å². The van der Waals surface area contributed by atoms with E-state index in [0.717, 1.165) is 48.3 Å². The number of unbranched alkanes of at least 4 members (excludes halogenated alkanes) is 2. The standard InChI is InChI=1S/C43H59ClN2O10S/c1-3-22-55-43-39(46(18-24-52-25-21-49)42(50)54-23-17-44)30-37(45-51-2)35-28-31(11-7-9-19-47)34(14-8-10-20-48)40(41(35)43)36-29-32(15-16-38(36)56-43)53-26-27-57-33-12-5-4-6-13-33/h3-6,12-13,15-16,28-29,31,34,39-41,47-49H,1,7-11,14,17-27,30H2,2H3. The van der Waals surface area contributed by atoms with E-state index < -0.39 is 23.8 Å². The van der Waals surface area contributed by atoms with Gasteiger partial charge in [-0.2, -0.15) is 0 Å². The highest BCUT2D eigenvalue weighted by Crippen LogP contribution is 2.62. The molecule has 0 bridgehead atoms. The number of amides is 1. The zero-order valence-electron chi connectivity index (χ0n) is 33.0. The molecule has 3 N–H and O–H groups in total. The summed E-state index contributed by atoms with van der Waals surface area (Å²) in [5, 5.41) is 33.7. The Morgan fingerprint density at radius 3 is 2.54 bits per heavy atom. The molecule has 2 aromatic rings. The molecule has 14 heteroatoms. The van der Waals surface area contributed by atoms with Gasteiger partial charge < -0.3 is 43.8 Å². The first-order chi connectivity index (χ1) is 28.0. The molecule has 57 heavy (non-hydrogen) atoms. The number of oxime groups is 1. The van der Waals surface area contributed by atoms with Gasteiger partial charge in [-0.05, 0) is 73.4 Å². The van der Waals surface area contributed by atoms with Crippen LogP contribution in [0.15, 0.2) is 82.9 Å². The molecule has 0 radical (unpaired) electrons. The average Bonchev–Trinajstić information content (AvgIpc) is 3.23. The number of halogens is 1. The van der Waals surface area contributed by atoms with Crippen LogP contribution >= 0.6 is 23.4 Å². The van der Waals surface area contributed by atoms with Crippen molar-refractivity contribution in [2.24, 2.45) is 22.9 Å². The predicted octanol–water partition coefficient (Wildman–Crippen LogP) is 6.81. The highest BCUT2D eigenvalue weighted by molar-refractivity contribution is 7.99. The minimum atomic E-state index is -1.44. The lowest BCUT2D eigenvalue weighted by Gasteiger charge is -2.59. The van der Waals surface area contributed by atoms with Crippen LogP contribution in [0.3, 0.4) is 0 Å². The van der Waals surface area contributed by atoms with Gasteiger partial charge in [0.05, 0.1) is 50.5 Å². The fourth-order valence-corrected chi connectivity index (χ4v) is 9.43. The van der Waals surface area contributed by atoms with Crippen molar-refractivity contribution >= 4 is 35.2 Å². The summed E-state index contributed by atoms with van der Waals surface area (Å²) in [4.78, 5) is 22.3. The molecule has 0 spiro atoms. The number of rotatable bonds is 25. The minimum Gasteiger partial charge on any atom is -0.493 e. The molecule has 2 aromatic carbocycles. The van der Waals surface area contributed by atoms with Gasteiger partial charge in [0, 0.05) is 48.3 Å². The maximum Gasteiger partial charge on any atom is 0.410 e. The SMILES string of the molecule is C=CCOC12Oc3ccc(OCCSc4ccccc4)cc3C3C(CCCCO)C(CCCCO)C=C(C(=NOC)CC1N(CCOCCO)C(=O)OCCCl)C32. The molecule has 6 unspecified atom stereocenters. The summed E-state index contributed by atoms with van der Waals surface area (Å²) in [7, 11) is 1.51. The summed E-state index contributed by atoms with van der Waals surface area (Å²) >= 11 is 7.72. The number of aliphatic hydroxyl groups is 3. The van der Waals surface area contributed by atoms with Gasteiger partial charge in [0.1, 0.15) is 31.3 Å². The maximum atomic E-state index is 14.1. The van der Waals surface area contributed by atoms with Crippen molar-refractivity contribution in [3.8, 4) is 11.5 Å². The zero-order chi connectivity index (χ0) is 40.5. The van der Waals surface area contributed by atoms with Crippen LogP contribution in [0.25, 0.3) is 0 Å². The number of allylic oxidation sites excluding steroid dienone is 1. The third-order valence-electron chi connectivity index (χ3n) is 10.8. The topological polar surface area (TPSA) is 149 Å². The lowest BCUT2D eigenvalue weighted by Crippen LogP contribution is -2.70. The van der Waals surface area contributed by atoms with E-state index in [4.69, 9.17) is 40.1 Å². The lowest BCUT2D eigenvalue weighted by atomic mass is 9.55. The number of nitrogens with zero attached hydrogens (tertiary/aromatic N) is 2. The van der Waals surface area contributed by atoms with Gasteiger partial charge in [-0.25, -0.2) is 4.79 Å². The van der Waals surface area contributed by atoms with Gasteiger partial charge in [0.2, 0.25) is 5.79 Å². The molecule has 5 rings (SSSR count). The van der Waals surface area contributed by atoms with E-state index in [9.17, 15) is 20.1 Å². The Morgan fingerprint density at radius 2 is 1.82 bits per heavy atom. The number of fused-ring (bicyclic) bond motifs is 2. The number of carbonyl (C=O) groups excluding carboxylic acids is 1. The number of hydrogen-bond acceptors (Lipinski definition) is 12. The van der Waals surface area contributed by atoms with Crippen molar-refractivity contribution in [2.45, 2.75) is 67.6 Å². The van der Waals surface area contributed by atoms with Crippen LogP contribution in [-0.4, -0.2) is 122 Å². The number of alkyl halides is 1. The van der Waals surface area contributed by atoms with Gasteiger partial charge in [-0.1, -0.05) is 48.3 Å². The number of aliphatic hydroxyl groups excluding tert-OH is 3. The van der Waals surface area contributed by atoms with Crippen LogP contribution in [0, 0.1) is 17.8 Å². The molecular weight excluding hydrogens is 772 g/mol. The van der Waals surface area contributed by atoms with E-state index in [0.29, 0.717) is 30.9 Å². The van der Waals surface area contributed by atoms with Crippen LogP contribution < -0.4 is 9.47 Å². The van der Waals surface area contributed by atoms with E-state index in [2.05, 4.69) is 36.0 Å². The van der Waals surface area contributed by atoms with Crippen LogP contribution in [0.1, 0.15) is 56.4 Å². The zero-order valence-corrected chi connectivity index (χ0v) is 34.5. The smallest absolute Gasteiger partial charge is 0.410 e. The Kier molecular flexibility index (Phi) is 18.3. The average molecular weight is 831 g/mol. The summed E-state index contributed by atoms with van der Waals surface area (Å²) in [5.41, 5.74) is 2.56. The van der Waals surface area contributed by atoms with E-state index in [-0.39, 0.29) is 82.8 Å². The molecule has 1 heterocycles. The monoisotopic (exact) mass is 830 g/mol. The van der Waals surface area contributed by atoms with E-state index in [1.54, 1.807) is 22.7 Å². The van der Waals surface area contributed by atoms with Crippen LogP contribution in [-0.2, 0) is 19.0 Å². The van der Waals surface area contributed by atoms with E-state index >= 15 is 0 Å². The fraction of sp³-hybridized carbons (Fsp3) is 0.581. The van der Waals surface area contributed by atoms with Gasteiger partial charge in [-0.15, -0.1) is 29.9 Å². The molecule has 1 fully saturated rings. The summed E-state index contributed by atoms with van der Waals surface area (Å²) in [6.07, 6.45) is 8.18. The predicted molar refractivity (Wildman–Crippen MR) is 221 cm³/mol. The molecule has 12 nitrogen and oxygen atoms in total. The summed E-state index contributed by atoms with van der Waals surface area (Å²) in [5.74, 6) is 0.263. The third-order valence-corrected chi connectivity index (χ3v) is 12.0. The van der Waals surface area contributed by atoms with Crippen molar-refractivity contribution < 1.29 is 48.6 Å². The Morgan fingerprint density at radius 1 is 1.04 bits per heavy atom. The Labute approximate surface area is 346 Å². The first-order valence-corrected chi connectivity index (χ1v) is 21.6. The highest BCUT2D eigenvalue weighted by atomic mass is 35.5. The van der Waals surface area contributed by atoms with Gasteiger partial charge in [-0.3, -0.25) is 4.90 Å². The minimum absolute atomic E-state index is 0.00335. The Hall–Kier alpha value is -3.30. The van der Waals surface area contributed by atoms with Crippen molar-refractivity contribution in [2.75, 3.05) is 78.1 Å². The quantitative estimate of drug-likeness (QED) is 0.0319. The highest BCUT2D eigenvalue weighted by Gasteiger charge is 2.65. The second kappa shape index (κ2) is 23.3. The Bertz CT molecular complexity index is 1620. The van der Waals surface area contributed by atoms with Crippen molar-refractivity contribution in [1.82, 2.24) is 4.90 Å². The molecular formula is C43H59ClN2O10S. The largest absolute Gasteiger partial charge is 0.493 e. The van der Waals surface area contributed by atoms with Crippen molar-refractivity contribution in [1.29, 1.82) is 0 Å². The Balaban J connectivity index is 1.66. The van der Waals surface area contributed by atoms with E-state index in [1.165, 1.54) is 12.0 Å². The lowest BCUT2D eigenvalue weighted by molar-refractivity contribution is -0.256. The second-order valence-corrected chi connectivity index (χ2v) is 15.8. The molecule has 1 amide bonds. The summed E-state index contributed by atoms with van der Waals surface area (Å²) in [6, 6.07) is 15.4. The van der Waals surface area contributed by atoms with E-state index in [1.807, 2.05) is 30.3 Å². The van der Waals surface area contributed by atoms with Crippen LogP contribution in [0.5, 0.6) is 11.5 Å². The second-order valence-electron chi connectivity index (χ2n) is 14.3. The fourth-order valence-electron chi connectivity index (χ4n) is 8.60. The third kappa shape index (κ3) is 11.3. The maximum absolute atomic E-state index is 14.1. The van der Waals surface area contributed by atoms with Gasteiger partial charge in [0.15, 0.2) is 0 Å². The molecule has 2 aliphatic carbocycles. The van der Waals surface area contributed by atoms with Crippen molar-refractivity contribution in [3.05, 3.63) is 78.4 Å². The number of ether oxygens (including phenoxy) is 5.